The highest BCUT2D eigenvalue weighted by atomic mass is 31.3. The SMILES string of the molecule is Nc1ncnc2c1ncn2C1CC(O)C(COP(=O)(O)OP(=O)(O)OC2CC(n3cnc4c(N)ncnc43)OC2COP(=O)(O)O)O1. The van der Waals surface area contributed by atoms with E-state index in [9.17, 15) is 28.6 Å². The van der Waals surface area contributed by atoms with Crippen LogP contribution in [-0.4, -0.2) is 101 Å². The van der Waals surface area contributed by atoms with Gasteiger partial charge in [-0.25, -0.2) is 43.6 Å². The molecule has 2 saturated heterocycles. The molecule has 0 saturated carbocycles. The first-order valence-corrected chi connectivity index (χ1v) is 17.9. The van der Waals surface area contributed by atoms with E-state index < -0.39 is 73.6 Å². The number of phosphoric acid groups is 3. The number of aromatic nitrogens is 8. The molecule has 0 spiro atoms. The first-order valence-electron chi connectivity index (χ1n) is 13.3. The Morgan fingerprint density at radius 3 is 1.87 bits per heavy atom. The summed E-state index contributed by atoms with van der Waals surface area (Å²) < 4.78 is 70.1. The molecule has 27 heteroatoms. The largest absolute Gasteiger partial charge is 0.481 e. The Labute approximate surface area is 262 Å². The van der Waals surface area contributed by atoms with Crippen molar-refractivity contribution in [3.8, 4) is 0 Å². The van der Waals surface area contributed by atoms with Crippen molar-refractivity contribution in [2.45, 2.75) is 49.7 Å². The van der Waals surface area contributed by atoms with Gasteiger partial charge in [-0.15, -0.1) is 0 Å². The molecule has 47 heavy (non-hydrogen) atoms. The molecule has 0 aliphatic carbocycles. The summed E-state index contributed by atoms with van der Waals surface area (Å²) in [6.07, 6.45) is -2.47. The lowest BCUT2D eigenvalue weighted by molar-refractivity contribution is -0.0454. The van der Waals surface area contributed by atoms with Crippen molar-refractivity contribution < 1.29 is 65.7 Å². The Morgan fingerprint density at radius 2 is 1.30 bits per heavy atom. The maximum atomic E-state index is 12.9. The second kappa shape index (κ2) is 12.8. The Morgan fingerprint density at radius 1 is 0.766 bits per heavy atom. The number of hydrogen-bond donors (Lipinski definition) is 7. The van der Waals surface area contributed by atoms with Gasteiger partial charge in [0, 0.05) is 12.8 Å². The van der Waals surface area contributed by atoms with Crippen LogP contribution in [0.15, 0.2) is 25.3 Å². The van der Waals surface area contributed by atoms with Crippen molar-refractivity contribution in [2.24, 2.45) is 0 Å². The summed E-state index contributed by atoms with van der Waals surface area (Å²) >= 11 is 0. The zero-order valence-electron chi connectivity index (χ0n) is 23.6. The fourth-order valence-electron chi connectivity index (χ4n) is 5.01. The number of hydrogen-bond acceptors (Lipinski definition) is 18. The Bertz CT molecular complexity index is 1920. The van der Waals surface area contributed by atoms with E-state index in [1.807, 2.05) is 0 Å². The van der Waals surface area contributed by atoms with Crippen molar-refractivity contribution in [3.05, 3.63) is 25.3 Å². The number of fused-ring (bicyclic) bond motifs is 2. The predicted molar refractivity (Wildman–Crippen MR) is 152 cm³/mol. The number of phosphoric ester groups is 3. The summed E-state index contributed by atoms with van der Waals surface area (Å²) in [5, 5.41) is 10.5. The molecule has 8 unspecified atom stereocenters. The lowest BCUT2D eigenvalue weighted by Gasteiger charge is -2.23. The van der Waals surface area contributed by atoms with Gasteiger partial charge in [-0.1, -0.05) is 0 Å². The molecule has 0 bridgehead atoms. The number of nitrogens with zero attached hydrogens (tertiary/aromatic N) is 8. The molecule has 256 valence electrons. The van der Waals surface area contributed by atoms with E-state index in [1.54, 1.807) is 0 Å². The van der Waals surface area contributed by atoms with E-state index in [4.69, 9.17) is 39.8 Å². The van der Waals surface area contributed by atoms with E-state index in [0.717, 1.165) is 6.33 Å². The third-order valence-electron chi connectivity index (χ3n) is 7.06. The fraction of sp³-hybridized carbons (Fsp3) is 0.500. The number of ether oxygens (including phenoxy) is 2. The van der Waals surface area contributed by atoms with Crippen LogP contribution in [-0.2, 0) is 41.1 Å². The fourth-order valence-corrected chi connectivity index (χ4v) is 7.64. The van der Waals surface area contributed by atoms with Crippen molar-refractivity contribution >= 4 is 57.4 Å². The van der Waals surface area contributed by atoms with Gasteiger partial charge in [0.05, 0.1) is 32.0 Å². The molecule has 6 rings (SSSR count). The van der Waals surface area contributed by atoms with Crippen LogP contribution in [0.2, 0.25) is 0 Å². The molecule has 0 amide bonds. The van der Waals surface area contributed by atoms with Gasteiger partial charge in [-0.3, -0.25) is 22.7 Å². The zero-order valence-corrected chi connectivity index (χ0v) is 26.3. The average molecular weight is 724 g/mol. The van der Waals surface area contributed by atoms with Gasteiger partial charge in [-0.05, 0) is 0 Å². The van der Waals surface area contributed by atoms with E-state index in [-0.39, 0.29) is 35.6 Å². The number of rotatable bonds is 12. The number of aliphatic hydroxyl groups is 1. The van der Waals surface area contributed by atoms with E-state index in [1.165, 1.54) is 28.1 Å². The number of anilines is 2. The summed E-state index contributed by atoms with van der Waals surface area (Å²) in [4.78, 5) is 63.0. The lowest BCUT2D eigenvalue weighted by atomic mass is 10.2. The third-order valence-corrected chi connectivity index (χ3v) is 10.2. The summed E-state index contributed by atoms with van der Waals surface area (Å²) in [6.45, 7) is -1.59. The van der Waals surface area contributed by atoms with Crippen molar-refractivity contribution in [1.82, 2.24) is 39.0 Å². The minimum atomic E-state index is -5.46. The van der Waals surface area contributed by atoms with E-state index >= 15 is 0 Å². The minimum absolute atomic E-state index is 0.00662. The van der Waals surface area contributed by atoms with E-state index in [0.29, 0.717) is 11.2 Å². The number of imidazole rings is 2. The van der Waals surface area contributed by atoms with Gasteiger partial charge in [0.25, 0.3) is 0 Å². The van der Waals surface area contributed by atoms with Gasteiger partial charge in [0.1, 0.15) is 54.5 Å². The summed E-state index contributed by atoms with van der Waals surface area (Å²) in [7, 11) is -15.9. The van der Waals surface area contributed by atoms with Gasteiger partial charge in [0.15, 0.2) is 22.9 Å². The van der Waals surface area contributed by atoms with Crippen molar-refractivity contribution in [1.29, 1.82) is 0 Å². The second-order valence-corrected chi connectivity index (χ2v) is 14.4. The van der Waals surface area contributed by atoms with Crippen LogP contribution in [0.4, 0.5) is 11.6 Å². The van der Waals surface area contributed by atoms with Crippen LogP contribution in [0.3, 0.4) is 0 Å². The van der Waals surface area contributed by atoms with Crippen LogP contribution >= 0.6 is 23.5 Å². The molecule has 24 nitrogen and oxygen atoms in total. The number of nitrogen functional groups attached to an aromatic ring is 2. The standard InChI is InChI=1S/C20H27N10O14P3/c21-17-15-19(25-5-23-17)29(7-27-15)13-1-9(31)11(41-13)3-40-46(35,36)44-47(37,38)43-10-2-14(42-12(10)4-39-45(32,33)34)30-8-28-16-18(22)24-6-26-20(16)30/h5-14,31H,1-4H2,(H,35,36)(H,37,38)(H2,21,23,25)(H2,22,24,26)(H2,32,33,34). The first-order chi connectivity index (χ1) is 22.1. The Hall–Kier alpha value is -3.05. The van der Waals surface area contributed by atoms with Gasteiger partial charge >= 0.3 is 23.5 Å². The van der Waals surface area contributed by atoms with Crippen molar-refractivity contribution in [3.63, 3.8) is 0 Å². The molecular weight excluding hydrogens is 697 g/mol. The van der Waals surface area contributed by atoms with E-state index in [2.05, 4.69) is 38.7 Å². The molecule has 0 aromatic carbocycles. The highest BCUT2D eigenvalue weighted by molar-refractivity contribution is 7.61. The van der Waals surface area contributed by atoms with Crippen LogP contribution in [0.1, 0.15) is 25.3 Å². The molecule has 4 aromatic heterocycles. The highest BCUT2D eigenvalue weighted by Crippen LogP contribution is 2.62. The first kappa shape index (κ1) is 33.8. The molecule has 2 aliphatic heterocycles. The Balaban J connectivity index is 1.10. The lowest BCUT2D eigenvalue weighted by Crippen LogP contribution is -2.28. The molecule has 2 aliphatic rings. The van der Waals surface area contributed by atoms with Crippen molar-refractivity contribution in [2.75, 3.05) is 24.7 Å². The monoisotopic (exact) mass is 724 g/mol. The van der Waals surface area contributed by atoms with Gasteiger partial charge in [-0.2, -0.15) is 4.31 Å². The maximum absolute atomic E-state index is 12.9. The molecule has 9 N–H and O–H groups in total. The van der Waals surface area contributed by atoms with Crippen LogP contribution in [0, 0.1) is 0 Å². The minimum Gasteiger partial charge on any atom is -0.390 e. The van der Waals surface area contributed by atoms with Crippen LogP contribution < -0.4 is 11.5 Å². The molecule has 8 atom stereocenters. The highest BCUT2D eigenvalue weighted by Gasteiger charge is 2.46. The second-order valence-electron chi connectivity index (χ2n) is 10.2. The molecule has 4 aromatic rings. The summed E-state index contributed by atoms with van der Waals surface area (Å²) in [6, 6.07) is 0. The molecule has 2 fully saturated rings. The summed E-state index contributed by atoms with van der Waals surface area (Å²) in [5.41, 5.74) is 12.6. The normalized spacial score (nSPS) is 27.8. The average Bonchev–Trinajstić information content (AvgIpc) is 3.75. The van der Waals surface area contributed by atoms with Crippen LogP contribution in [0.25, 0.3) is 22.3 Å². The number of nitrogens with two attached hydrogens (primary N) is 2. The Kier molecular flexibility index (Phi) is 9.19. The van der Waals surface area contributed by atoms with Gasteiger partial charge < -0.3 is 45.6 Å². The van der Waals surface area contributed by atoms with Crippen LogP contribution in [0.5, 0.6) is 0 Å². The molecule has 6 heterocycles. The van der Waals surface area contributed by atoms with Gasteiger partial charge in [0.2, 0.25) is 0 Å². The number of aliphatic hydroxyl groups excluding tert-OH is 1. The maximum Gasteiger partial charge on any atom is 0.481 e. The zero-order chi connectivity index (χ0) is 33.7. The smallest absolute Gasteiger partial charge is 0.390 e. The molecular formula is C20H27N10O14P3. The summed E-state index contributed by atoms with van der Waals surface area (Å²) in [5.74, 6) is 0.172. The quantitative estimate of drug-likeness (QED) is 0.0905. The topological polar surface area (TPSA) is 347 Å². The molecule has 0 radical (unpaired) electrons. The predicted octanol–water partition coefficient (Wildman–Crippen LogP) is -0.505. The third kappa shape index (κ3) is 7.51.